The number of halogens is 1. The number of ether oxygens (including phenoxy) is 1. The van der Waals surface area contributed by atoms with Crippen molar-refractivity contribution in [3.8, 4) is 5.75 Å². The van der Waals surface area contributed by atoms with E-state index in [1.807, 2.05) is 12.1 Å². The van der Waals surface area contributed by atoms with E-state index >= 15 is 0 Å². The van der Waals surface area contributed by atoms with Crippen LogP contribution in [0.4, 0.5) is 0 Å². The fourth-order valence-electron chi connectivity index (χ4n) is 2.96. The fraction of sp³-hybridized carbons (Fsp3) is 0.647. The van der Waals surface area contributed by atoms with Crippen LogP contribution in [0.15, 0.2) is 12.1 Å². The van der Waals surface area contributed by atoms with Gasteiger partial charge in [0.1, 0.15) is 5.75 Å². The summed E-state index contributed by atoms with van der Waals surface area (Å²) in [6.07, 6.45) is 2.14. The number of rotatable bonds is 7. The van der Waals surface area contributed by atoms with Gasteiger partial charge >= 0.3 is 0 Å². The molecular weight excluding hydrogens is 284 g/mol. The molecule has 0 saturated heterocycles. The quantitative estimate of drug-likeness (QED) is 0.836. The van der Waals surface area contributed by atoms with Crippen molar-refractivity contribution >= 4 is 11.6 Å². The molecule has 0 fully saturated rings. The highest BCUT2D eigenvalue weighted by atomic mass is 35.5. The van der Waals surface area contributed by atoms with Crippen molar-refractivity contribution in [3.05, 3.63) is 28.3 Å². The van der Waals surface area contributed by atoms with Gasteiger partial charge in [0, 0.05) is 36.1 Å². The van der Waals surface area contributed by atoms with Gasteiger partial charge in [0.05, 0.1) is 6.61 Å². The zero-order valence-electron chi connectivity index (χ0n) is 13.6. The van der Waals surface area contributed by atoms with E-state index in [0.717, 1.165) is 36.9 Å². The first-order valence-electron chi connectivity index (χ1n) is 7.78. The summed E-state index contributed by atoms with van der Waals surface area (Å²) in [5, 5.41) is 4.48. The molecule has 118 valence electrons. The van der Waals surface area contributed by atoms with Crippen LogP contribution in [-0.2, 0) is 13.0 Å². The third kappa shape index (κ3) is 4.87. The maximum absolute atomic E-state index is 6.22. The Kier molecular flexibility index (Phi) is 5.91. The standard InChI is InChI=1S/C17H27ClN2O/c1-12(2)7-16(11-20(3)4)19-10-14-9-15(18)8-13-5-6-21-17(13)14/h8-9,12,16,19H,5-7,10-11H2,1-4H3. The molecule has 1 aromatic rings. The minimum atomic E-state index is 0.482. The highest BCUT2D eigenvalue weighted by Gasteiger charge is 2.19. The predicted octanol–water partition coefficient (Wildman–Crippen LogP) is 3.34. The lowest BCUT2D eigenvalue weighted by Crippen LogP contribution is -2.38. The van der Waals surface area contributed by atoms with E-state index in [1.165, 1.54) is 17.5 Å². The van der Waals surface area contributed by atoms with Crippen LogP contribution in [-0.4, -0.2) is 38.2 Å². The van der Waals surface area contributed by atoms with E-state index in [4.69, 9.17) is 16.3 Å². The van der Waals surface area contributed by atoms with Crippen LogP contribution in [0.3, 0.4) is 0 Å². The van der Waals surface area contributed by atoms with Gasteiger partial charge in [-0.25, -0.2) is 0 Å². The molecule has 1 N–H and O–H groups in total. The number of benzene rings is 1. The first-order chi connectivity index (χ1) is 9.95. The molecule has 0 radical (unpaired) electrons. The maximum Gasteiger partial charge on any atom is 0.127 e. The third-order valence-electron chi connectivity index (χ3n) is 3.75. The Balaban J connectivity index is 2.03. The molecule has 0 saturated carbocycles. The highest BCUT2D eigenvalue weighted by Crippen LogP contribution is 2.32. The summed E-state index contributed by atoms with van der Waals surface area (Å²) >= 11 is 6.22. The molecule has 0 amide bonds. The predicted molar refractivity (Wildman–Crippen MR) is 89.3 cm³/mol. The zero-order chi connectivity index (χ0) is 15.4. The monoisotopic (exact) mass is 310 g/mol. The van der Waals surface area contributed by atoms with Crippen molar-refractivity contribution in [2.75, 3.05) is 27.2 Å². The molecule has 0 bridgehead atoms. The molecule has 1 unspecified atom stereocenters. The molecule has 21 heavy (non-hydrogen) atoms. The van der Waals surface area contributed by atoms with E-state index in [9.17, 15) is 0 Å². The lowest BCUT2D eigenvalue weighted by Gasteiger charge is -2.24. The fourth-order valence-corrected chi connectivity index (χ4v) is 3.23. The molecule has 2 rings (SSSR count). The highest BCUT2D eigenvalue weighted by molar-refractivity contribution is 6.30. The SMILES string of the molecule is CC(C)CC(CN(C)C)NCc1cc(Cl)cc2c1OCC2. The van der Waals surface area contributed by atoms with Crippen molar-refractivity contribution in [2.24, 2.45) is 5.92 Å². The van der Waals surface area contributed by atoms with Gasteiger partial charge in [-0.15, -0.1) is 0 Å². The number of hydrogen-bond donors (Lipinski definition) is 1. The van der Waals surface area contributed by atoms with Crippen LogP contribution in [0.25, 0.3) is 0 Å². The van der Waals surface area contributed by atoms with Crippen LogP contribution < -0.4 is 10.1 Å². The molecule has 1 atom stereocenters. The van der Waals surface area contributed by atoms with Crippen molar-refractivity contribution in [1.82, 2.24) is 10.2 Å². The van der Waals surface area contributed by atoms with Crippen molar-refractivity contribution in [2.45, 2.75) is 39.3 Å². The molecule has 3 nitrogen and oxygen atoms in total. The average Bonchev–Trinajstić information content (AvgIpc) is 2.82. The van der Waals surface area contributed by atoms with E-state index in [-0.39, 0.29) is 0 Å². The summed E-state index contributed by atoms with van der Waals surface area (Å²) in [6.45, 7) is 7.17. The summed E-state index contributed by atoms with van der Waals surface area (Å²) in [5.41, 5.74) is 2.43. The molecule has 4 heteroatoms. The van der Waals surface area contributed by atoms with Crippen LogP contribution >= 0.6 is 11.6 Å². The van der Waals surface area contributed by atoms with Crippen LogP contribution in [0, 0.1) is 5.92 Å². The lowest BCUT2D eigenvalue weighted by molar-refractivity contribution is 0.302. The Morgan fingerprint density at radius 2 is 2.10 bits per heavy atom. The van der Waals surface area contributed by atoms with Gasteiger partial charge in [0.15, 0.2) is 0 Å². The van der Waals surface area contributed by atoms with E-state index in [1.54, 1.807) is 0 Å². The van der Waals surface area contributed by atoms with Gasteiger partial charge in [-0.2, -0.15) is 0 Å². The summed E-state index contributed by atoms with van der Waals surface area (Å²) in [6, 6.07) is 4.54. The summed E-state index contributed by atoms with van der Waals surface area (Å²) in [7, 11) is 4.24. The number of likely N-dealkylation sites (N-methyl/N-ethyl adjacent to an activating group) is 1. The number of fused-ring (bicyclic) bond motifs is 1. The van der Waals surface area contributed by atoms with Crippen molar-refractivity contribution in [1.29, 1.82) is 0 Å². The van der Waals surface area contributed by atoms with Crippen molar-refractivity contribution in [3.63, 3.8) is 0 Å². The largest absolute Gasteiger partial charge is 0.493 e. The van der Waals surface area contributed by atoms with Crippen LogP contribution in [0.2, 0.25) is 5.02 Å². The summed E-state index contributed by atoms with van der Waals surface area (Å²) < 4.78 is 5.77. The normalized spacial score (nSPS) is 15.4. The smallest absolute Gasteiger partial charge is 0.127 e. The van der Waals surface area contributed by atoms with Crippen LogP contribution in [0.5, 0.6) is 5.75 Å². The number of nitrogens with zero attached hydrogens (tertiary/aromatic N) is 1. The van der Waals surface area contributed by atoms with Gasteiger partial charge < -0.3 is 15.0 Å². The van der Waals surface area contributed by atoms with Gasteiger partial charge in [-0.1, -0.05) is 25.4 Å². The molecule has 1 aliphatic rings. The maximum atomic E-state index is 6.22. The first-order valence-corrected chi connectivity index (χ1v) is 8.15. The Labute approximate surface area is 133 Å². The van der Waals surface area contributed by atoms with Gasteiger partial charge in [0.2, 0.25) is 0 Å². The van der Waals surface area contributed by atoms with E-state index < -0.39 is 0 Å². The van der Waals surface area contributed by atoms with Gasteiger partial charge in [-0.05, 0) is 44.1 Å². The third-order valence-corrected chi connectivity index (χ3v) is 3.97. The van der Waals surface area contributed by atoms with Gasteiger partial charge in [0.25, 0.3) is 0 Å². The second-order valence-electron chi connectivity index (χ2n) is 6.62. The molecule has 1 aliphatic heterocycles. The molecule has 0 spiro atoms. The summed E-state index contributed by atoms with van der Waals surface area (Å²) in [5.74, 6) is 1.73. The lowest BCUT2D eigenvalue weighted by atomic mass is 10.0. The Hall–Kier alpha value is -0.770. The first kappa shape index (κ1) is 16.6. The topological polar surface area (TPSA) is 24.5 Å². The second kappa shape index (κ2) is 7.48. The molecule has 1 heterocycles. The minimum absolute atomic E-state index is 0.482. The number of nitrogens with one attached hydrogen (secondary N) is 1. The van der Waals surface area contributed by atoms with Crippen molar-refractivity contribution < 1.29 is 4.74 Å². The summed E-state index contributed by atoms with van der Waals surface area (Å²) in [4.78, 5) is 2.24. The number of hydrogen-bond acceptors (Lipinski definition) is 3. The minimum Gasteiger partial charge on any atom is -0.493 e. The Morgan fingerprint density at radius 3 is 2.76 bits per heavy atom. The molecular formula is C17H27ClN2O. The van der Waals surface area contributed by atoms with Gasteiger partial charge in [-0.3, -0.25) is 0 Å². The zero-order valence-corrected chi connectivity index (χ0v) is 14.3. The van der Waals surface area contributed by atoms with E-state index in [2.05, 4.69) is 38.2 Å². The molecule has 0 aromatic heterocycles. The average molecular weight is 311 g/mol. The van der Waals surface area contributed by atoms with Crippen LogP contribution in [0.1, 0.15) is 31.4 Å². The van der Waals surface area contributed by atoms with E-state index in [0.29, 0.717) is 12.0 Å². The second-order valence-corrected chi connectivity index (χ2v) is 7.06. The molecule has 1 aromatic carbocycles. The Bertz CT molecular complexity index is 464. The Morgan fingerprint density at radius 1 is 1.33 bits per heavy atom. The molecule has 0 aliphatic carbocycles.